The van der Waals surface area contributed by atoms with Gasteiger partial charge in [-0.25, -0.2) is 0 Å². The molecule has 156 valence electrons. The zero-order valence-electron chi connectivity index (χ0n) is 18.2. The molecule has 3 aromatic rings. The van der Waals surface area contributed by atoms with Crippen molar-refractivity contribution in [2.75, 3.05) is 7.11 Å². The molecule has 0 bridgehead atoms. The summed E-state index contributed by atoms with van der Waals surface area (Å²) in [6, 6.07) is 20.4. The van der Waals surface area contributed by atoms with Crippen molar-refractivity contribution >= 4 is 11.9 Å². The Morgan fingerprint density at radius 3 is 2.26 bits per heavy atom. The van der Waals surface area contributed by atoms with Crippen LogP contribution in [0.15, 0.2) is 66.2 Å². The number of hydrogen-bond donors (Lipinski definition) is 0. The highest BCUT2D eigenvalue weighted by Gasteiger charge is 2.13. The first-order valence-electron chi connectivity index (χ1n) is 10.0. The summed E-state index contributed by atoms with van der Waals surface area (Å²) in [6.07, 6.45) is 1.57. The van der Waals surface area contributed by atoms with E-state index < -0.39 is 0 Å². The number of Topliss-reactive ketones (excluding diaryl/α,β-unsaturated/α-hetero) is 1. The molecule has 0 spiro atoms. The molecule has 4 nitrogen and oxygen atoms in total. The molecule has 0 saturated heterocycles. The van der Waals surface area contributed by atoms with E-state index in [2.05, 4.69) is 32.9 Å². The first kappa shape index (κ1) is 21.9. The minimum Gasteiger partial charge on any atom is -0.493 e. The molecule has 4 heteroatoms. The van der Waals surface area contributed by atoms with Gasteiger partial charge in [-0.3, -0.25) is 4.79 Å². The topological polar surface area (TPSA) is 59.3 Å². The molecule has 0 aliphatic rings. The summed E-state index contributed by atoms with van der Waals surface area (Å²) in [7, 11) is 1.57. The van der Waals surface area contributed by atoms with Crippen molar-refractivity contribution in [2.45, 2.75) is 27.4 Å². The maximum atomic E-state index is 12.6. The van der Waals surface area contributed by atoms with E-state index in [1.54, 1.807) is 49.6 Å². The van der Waals surface area contributed by atoms with Gasteiger partial charge in [-0.05, 0) is 61.2 Å². The summed E-state index contributed by atoms with van der Waals surface area (Å²) in [4.78, 5) is 12.6. The van der Waals surface area contributed by atoms with Crippen LogP contribution in [0.2, 0.25) is 0 Å². The van der Waals surface area contributed by atoms with Crippen LogP contribution in [0.5, 0.6) is 11.5 Å². The maximum absolute atomic E-state index is 12.6. The van der Waals surface area contributed by atoms with Gasteiger partial charge in [0.1, 0.15) is 18.2 Å². The van der Waals surface area contributed by atoms with Crippen molar-refractivity contribution in [2.24, 2.45) is 0 Å². The molecule has 0 saturated carbocycles. The van der Waals surface area contributed by atoms with Gasteiger partial charge in [0.25, 0.3) is 0 Å². The average molecular weight is 412 g/mol. The SMILES string of the molecule is COc1cc(/C=C(\C#N)C(=O)c2ccccc2)ccc1OCc1c(C)cc(C)cc1C. The van der Waals surface area contributed by atoms with Gasteiger partial charge in [-0.1, -0.05) is 54.1 Å². The van der Waals surface area contributed by atoms with Crippen molar-refractivity contribution in [3.8, 4) is 17.6 Å². The third-order valence-electron chi connectivity index (χ3n) is 5.11. The normalized spacial score (nSPS) is 11.0. The van der Waals surface area contributed by atoms with Crippen LogP contribution in [0.3, 0.4) is 0 Å². The molecule has 31 heavy (non-hydrogen) atoms. The minimum absolute atomic E-state index is 0.0628. The highest BCUT2D eigenvalue weighted by molar-refractivity contribution is 6.14. The second-order valence-electron chi connectivity index (χ2n) is 7.44. The van der Waals surface area contributed by atoms with Gasteiger partial charge in [0, 0.05) is 5.56 Å². The number of carbonyl (C=O) groups excluding carboxylic acids is 1. The Balaban J connectivity index is 1.83. The zero-order valence-corrected chi connectivity index (χ0v) is 18.2. The molecule has 0 N–H and O–H groups in total. The minimum atomic E-state index is -0.312. The van der Waals surface area contributed by atoms with Crippen LogP contribution in [-0.2, 0) is 6.61 Å². The first-order valence-corrected chi connectivity index (χ1v) is 10.0. The second kappa shape index (κ2) is 9.77. The van der Waals surface area contributed by atoms with E-state index in [-0.39, 0.29) is 11.4 Å². The molecule has 3 aromatic carbocycles. The van der Waals surface area contributed by atoms with Crippen LogP contribution >= 0.6 is 0 Å². The lowest BCUT2D eigenvalue weighted by atomic mass is 10.0. The summed E-state index contributed by atoms with van der Waals surface area (Å²) < 4.78 is 11.5. The molecular formula is C27H25NO3. The molecule has 0 heterocycles. The third kappa shape index (κ3) is 5.21. The lowest BCUT2D eigenvalue weighted by Crippen LogP contribution is -2.03. The third-order valence-corrected chi connectivity index (χ3v) is 5.11. The summed E-state index contributed by atoms with van der Waals surface area (Å²) in [5.74, 6) is 0.834. The lowest BCUT2D eigenvalue weighted by molar-refractivity contribution is 0.104. The van der Waals surface area contributed by atoms with E-state index >= 15 is 0 Å². The van der Waals surface area contributed by atoms with Gasteiger partial charge in [0.05, 0.1) is 7.11 Å². The van der Waals surface area contributed by atoms with Crippen LogP contribution in [0, 0.1) is 32.1 Å². The summed E-state index contributed by atoms with van der Waals surface area (Å²) >= 11 is 0. The van der Waals surface area contributed by atoms with Gasteiger partial charge >= 0.3 is 0 Å². The van der Waals surface area contributed by atoms with Crippen LogP contribution < -0.4 is 9.47 Å². The van der Waals surface area contributed by atoms with Crippen molar-refractivity contribution in [3.05, 3.63) is 99.6 Å². The Morgan fingerprint density at radius 2 is 1.65 bits per heavy atom. The van der Waals surface area contributed by atoms with Gasteiger partial charge < -0.3 is 9.47 Å². The summed E-state index contributed by atoms with van der Waals surface area (Å²) in [6.45, 7) is 6.67. The Labute approximate surface area is 183 Å². The molecule has 0 amide bonds. The maximum Gasteiger partial charge on any atom is 0.203 e. The fraction of sp³-hybridized carbons (Fsp3) is 0.185. The van der Waals surface area contributed by atoms with Crippen molar-refractivity contribution < 1.29 is 14.3 Å². The number of rotatable bonds is 7. The summed E-state index contributed by atoms with van der Waals surface area (Å²) in [5, 5.41) is 9.49. The van der Waals surface area contributed by atoms with E-state index in [4.69, 9.17) is 9.47 Å². The van der Waals surface area contributed by atoms with Crippen molar-refractivity contribution in [1.29, 1.82) is 5.26 Å². The second-order valence-corrected chi connectivity index (χ2v) is 7.44. The summed E-state index contributed by atoms with van der Waals surface area (Å²) in [5.41, 5.74) is 5.98. The molecule has 0 unspecified atom stereocenters. The number of ketones is 1. The first-order chi connectivity index (χ1) is 14.9. The average Bonchev–Trinajstić information content (AvgIpc) is 2.77. The fourth-order valence-electron chi connectivity index (χ4n) is 3.54. The Hall–Kier alpha value is -3.84. The Bertz CT molecular complexity index is 1150. The number of methoxy groups -OCH3 is 1. The molecule has 0 radical (unpaired) electrons. The smallest absolute Gasteiger partial charge is 0.203 e. The quantitative estimate of drug-likeness (QED) is 0.272. The molecule has 0 aliphatic heterocycles. The number of allylic oxidation sites excluding steroid dienone is 1. The van der Waals surface area contributed by atoms with Gasteiger partial charge in [0.15, 0.2) is 11.5 Å². The number of nitrogens with zero attached hydrogens (tertiary/aromatic N) is 1. The fourth-order valence-corrected chi connectivity index (χ4v) is 3.54. The largest absolute Gasteiger partial charge is 0.493 e. The van der Waals surface area contributed by atoms with Crippen LogP contribution in [0.4, 0.5) is 0 Å². The van der Waals surface area contributed by atoms with Gasteiger partial charge in [-0.2, -0.15) is 5.26 Å². The van der Waals surface area contributed by atoms with E-state index in [9.17, 15) is 10.1 Å². The van der Waals surface area contributed by atoms with E-state index in [0.29, 0.717) is 29.2 Å². The number of ether oxygens (including phenoxy) is 2. The van der Waals surface area contributed by atoms with Crippen LogP contribution in [0.25, 0.3) is 6.08 Å². The van der Waals surface area contributed by atoms with Crippen molar-refractivity contribution in [1.82, 2.24) is 0 Å². The Morgan fingerprint density at radius 1 is 0.968 bits per heavy atom. The van der Waals surface area contributed by atoms with Gasteiger partial charge in [0.2, 0.25) is 5.78 Å². The van der Waals surface area contributed by atoms with Crippen LogP contribution in [0.1, 0.15) is 38.2 Å². The number of hydrogen-bond acceptors (Lipinski definition) is 4. The van der Waals surface area contributed by atoms with Gasteiger partial charge in [-0.15, -0.1) is 0 Å². The lowest BCUT2D eigenvalue weighted by Gasteiger charge is -2.15. The molecule has 3 rings (SSSR count). The number of benzene rings is 3. The molecule has 0 aromatic heterocycles. The molecular weight excluding hydrogens is 386 g/mol. The van der Waals surface area contributed by atoms with Crippen molar-refractivity contribution in [3.63, 3.8) is 0 Å². The Kier molecular flexibility index (Phi) is 6.89. The molecule has 0 atom stereocenters. The number of nitriles is 1. The number of carbonyl (C=O) groups is 1. The molecule has 0 fully saturated rings. The predicted molar refractivity (Wildman–Crippen MR) is 122 cm³/mol. The van der Waals surface area contributed by atoms with E-state index in [0.717, 1.165) is 5.56 Å². The van der Waals surface area contributed by atoms with E-state index in [1.165, 1.54) is 16.7 Å². The number of aryl methyl sites for hydroxylation is 3. The molecule has 0 aliphatic carbocycles. The highest BCUT2D eigenvalue weighted by Crippen LogP contribution is 2.30. The van der Waals surface area contributed by atoms with Crippen LogP contribution in [-0.4, -0.2) is 12.9 Å². The highest BCUT2D eigenvalue weighted by atomic mass is 16.5. The zero-order chi connectivity index (χ0) is 22.4. The standard InChI is InChI=1S/C27H25NO3/c1-18-12-19(2)24(20(3)13-18)17-31-25-11-10-21(15-26(25)30-4)14-23(16-28)27(29)22-8-6-5-7-9-22/h5-15H,17H2,1-4H3/b23-14+. The predicted octanol–water partition coefficient (Wildman–Crippen LogP) is 5.99. The van der Waals surface area contributed by atoms with E-state index in [1.807, 2.05) is 18.2 Å². The monoisotopic (exact) mass is 411 g/mol.